The summed E-state index contributed by atoms with van der Waals surface area (Å²) in [7, 11) is -3.71. The molecule has 0 aliphatic rings. The van der Waals surface area contributed by atoms with Gasteiger partial charge in [-0.1, -0.05) is 6.58 Å². The summed E-state index contributed by atoms with van der Waals surface area (Å²) in [6.45, 7) is 4.37. The quantitative estimate of drug-likeness (QED) is 0.498. The molecule has 0 radical (unpaired) electrons. The molecule has 0 unspecified atom stereocenters. The Morgan fingerprint density at radius 1 is 1.40 bits per heavy atom. The molecule has 0 spiro atoms. The maximum Gasteiger partial charge on any atom is 0.333 e. The standard InChI is InChI=1S/C8H12O6S/c1-6(2)8(11)14-3-4-15(12,13)5-7(9)10/h1,3-5H2,2H3,(H,9,10). The Morgan fingerprint density at radius 2 is 1.93 bits per heavy atom. The summed E-state index contributed by atoms with van der Waals surface area (Å²) in [5, 5.41) is 8.24. The van der Waals surface area contributed by atoms with Crippen molar-refractivity contribution in [2.75, 3.05) is 18.1 Å². The van der Waals surface area contributed by atoms with Gasteiger partial charge in [0.1, 0.15) is 12.4 Å². The number of esters is 1. The SMILES string of the molecule is C=C(C)C(=O)OCCS(=O)(=O)CC(=O)O. The molecular formula is C8H12O6S. The predicted molar refractivity (Wildman–Crippen MR) is 52.1 cm³/mol. The Labute approximate surface area is 87.5 Å². The molecule has 0 saturated carbocycles. The maximum absolute atomic E-state index is 11.0. The zero-order chi connectivity index (χ0) is 12.1. The molecule has 0 saturated heterocycles. The minimum atomic E-state index is -3.71. The van der Waals surface area contributed by atoms with E-state index in [1.807, 2.05) is 0 Å². The van der Waals surface area contributed by atoms with Crippen LogP contribution in [-0.4, -0.2) is 43.6 Å². The first-order valence-electron chi connectivity index (χ1n) is 3.99. The normalized spacial score (nSPS) is 10.7. The van der Waals surface area contributed by atoms with Crippen LogP contribution in [-0.2, 0) is 24.2 Å². The van der Waals surface area contributed by atoms with Crippen LogP contribution in [0, 0.1) is 0 Å². The highest BCUT2D eigenvalue weighted by molar-refractivity contribution is 7.92. The van der Waals surface area contributed by atoms with E-state index >= 15 is 0 Å². The molecule has 1 N–H and O–H groups in total. The van der Waals surface area contributed by atoms with Gasteiger partial charge in [-0.15, -0.1) is 0 Å². The molecule has 0 bridgehead atoms. The number of sulfone groups is 1. The van der Waals surface area contributed by atoms with Crippen molar-refractivity contribution in [1.29, 1.82) is 0 Å². The molecule has 0 aliphatic carbocycles. The van der Waals surface area contributed by atoms with Gasteiger partial charge in [0, 0.05) is 5.57 Å². The smallest absolute Gasteiger partial charge is 0.333 e. The third-order valence-electron chi connectivity index (χ3n) is 1.32. The van der Waals surface area contributed by atoms with Crippen LogP contribution in [0.3, 0.4) is 0 Å². The van der Waals surface area contributed by atoms with Gasteiger partial charge in [0.2, 0.25) is 0 Å². The predicted octanol–water partition coefficient (Wildman–Crippen LogP) is -0.395. The Balaban J connectivity index is 4.01. The fourth-order valence-corrected chi connectivity index (χ4v) is 1.50. The minimum absolute atomic E-state index is 0.158. The molecule has 0 atom stereocenters. The number of ether oxygens (including phenoxy) is 1. The lowest BCUT2D eigenvalue weighted by molar-refractivity contribution is -0.138. The molecule has 0 heterocycles. The lowest BCUT2D eigenvalue weighted by Gasteiger charge is -2.03. The van der Waals surface area contributed by atoms with Gasteiger partial charge in [-0.05, 0) is 6.92 Å². The summed E-state index contributed by atoms with van der Waals surface area (Å²) in [5.74, 6) is -3.59. The molecule has 0 aliphatic heterocycles. The van der Waals surface area contributed by atoms with Gasteiger partial charge in [0.15, 0.2) is 9.84 Å². The summed E-state index contributed by atoms with van der Waals surface area (Å²) in [4.78, 5) is 20.9. The Kier molecular flexibility index (Phi) is 4.99. The second-order valence-corrected chi connectivity index (χ2v) is 5.09. The number of carbonyl (C=O) groups excluding carboxylic acids is 1. The van der Waals surface area contributed by atoms with Gasteiger partial charge in [0.25, 0.3) is 0 Å². The van der Waals surface area contributed by atoms with Crippen LogP contribution in [0.4, 0.5) is 0 Å². The molecule has 6 nitrogen and oxygen atoms in total. The molecule has 0 aromatic rings. The summed E-state index contributed by atoms with van der Waals surface area (Å²) in [6.07, 6.45) is 0. The van der Waals surface area contributed by atoms with E-state index in [1.165, 1.54) is 6.92 Å². The minimum Gasteiger partial charge on any atom is -0.480 e. The van der Waals surface area contributed by atoms with Crippen LogP contribution in [0.15, 0.2) is 12.2 Å². The molecule has 0 amide bonds. The highest BCUT2D eigenvalue weighted by atomic mass is 32.2. The van der Waals surface area contributed by atoms with Gasteiger partial charge in [-0.3, -0.25) is 4.79 Å². The summed E-state index contributed by atoms with van der Waals surface area (Å²) < 4.78 is 26.5. The van der Waals surface area contributed by atoms with Crippen molar-refractivity contribution >= 4 is 21.8 Å². The van der Waals surface area contributed by atoms with Crippen molar-refractivity contribution in [3.63, 3.8) is 0 Å². The number of rotatable bonds is 6. The van der Waals surface area contributed by atoms with Gasteiger partial charge >= 0.3 is 11.9 Å². The molecule has 7 heteroatoms. The lowest BCUT2D eigenvalue weighted by Crippen LogP contribution is -2.22. The average molecular weight is 236 g/mol. The first-order valence-corrected chi connectivity index (χ1v) is 5.81. The van der Waals surface area contributed by atoms with Crippen molar-refractivity contribution in [3.05, 3.63) is 12.2 Å². The van der Waals surface area contributed by atoms with E-state index in [-0.39, 0.29) is 12.2 Å². The number of aliphatic carboxylic acids is 1. The van der Waals surface area contributed by atoms with Crippen molar-refractivity contribution in [3.8, 4) is 0 Å². The first-order chi connectivity index (χ1) is 6.74. The van der Waals surface area contributed by atoms with Crippen LogP contribution in [0.1, 0.15) is 6.92 Å². The Morgan fingerprint density at radius 3 is 2.33 bits per heavy atom. The van der Waals surface area contributed by atoms with Crippen LogP contribution in [0.5, 0.6) is 0 Å². The monoisotopic (exact) mass is 236 g/mol. The number of carboxylic acid groups (broad SMARTS) is 1. The largest absolute Gasteiger partial charge is 0.480 e. The Bertz CT molecular complexity index is 367. The molecule has 0 fully saturated rings. The van der Waals surface area contributed by atoms with Crippen molar-refractivity contribution in [2.24, 2.45) is 0 Å². The van der Waals surface area contributed by atoms with Crippen molar-refractivity contribution in [2.45, 2.75) is 6.92 Å². The Hall–Kier alpha value is -1.37. The van der Waals surface area contributed by atoms with Gasteiger partial charge in [-0.2, -0.15) is 0 Å². The zero-order valence-electron chi connectivity index (χ0n) is 8.23. The molecule has 0 aromatic carbocycles. The molecular weight excluding hydrogens is 224 g/mol. The fraction of sp³-hybridized carbons (Fsp3) is 0.500. The van der Waals surface area contributed by atoms with E-state index in [1.54, 1.807) is 0 Å². The molecule has 86 valence electrons. The van der Waals surface area contributed by atoms with E-state index < -0.39 is 33.3 Å². The first kappa shape index (κ1) is 13.6. The number of carbonyl (C=O) groups is 2. The van der Waals surface area contributed by atoms with Crippen LogP contribution >= 0.6 is 0 Å². The van der Waals surface area contributed by atoms with E-state index in [9.17, 15) is 18.0 Å². The fourth-order valence-electron chi connectivity index (χ4n) is 0.645. The summed E-state index contributed by atoms with van der Waals surface area (Å²) in [6, 6.07) is 0. The van der Waals surface area contributed by atoms with E-state index in [4.69, 9.17) is 5.11 Å². The molecule has 0 rings (SSSR count). The van der Waals surface area contributed by atoms with E-state index in [0.717, 1.165) is 0 Å². The third kappa shape index (κ3) is 6.67. The molecule has 0 aromatic heterocycles. The van der Waals surface area contributed by atoms with Crippen LogP contribution in [0.2, 0.25) is 0 Å². The van der Waals surface area contributed by atoms with Gasteiger partial charge in [0.05, 0.1) is 5.75 Å². The van der Waals surface area contributed by atoms with Crippen molar-refractivity contribution < 1.29 is 27.9 Å². The third-order valence-corrected chi connectivity index (χ3v) is 2.79. The topological polar surface area (TPSA) is 97.7 Å². The number of carboxylic acids is 1. The summed E-state index contributed by atoms with van der Waals surface area (Å²) >= 11 is 0. The highest BCUT2D eigenvalue weighted by Crippen LogP contribution is 1.95. The highest BCUT2D eigenvalue weighted by Gasteiger charge is 2.16. The van der Waals surface area contributed by atoms with Crippen LogP contribution in [0.25, 0.3) is 0 Å². The second kappa shape index (κ2) is 5.50. The van der Waals surface area contributed by atoms with Crippen LogP contribution < -0.4 is 0 Å². The summed E-state index contributed by atoms with van der Waals surface area (Å²) in [5.41, 5.74) is 0.158. The number of hydrogen-bond acceptors (Lipinski definition) is 5. The number of hydrogen-bond donors (Lipinski definition) is 1. The molecule has 15 heavy (non-hydrogen) atoms. The van der Waals surface area contributed by atoms with Crippen molar-refractivity contribution in [1.82, 2.24) is 0 Å². The zero-order valence-corrected chi connectivity index (χ0v) is 9.04. The van der Waals surface area contributed by atoms with E-state index in [2.05, 4.69) is 11.3 Å². The maximum atomic E-state index is 11.0. The average Bonchev–Trinajstić information content (AvgIpc) is 2.00. The van der Waals surface area contributed by atoms with Gasteiger partial charge < -0.3 is 9.84 Å². The lowest BCUT2D eigenvalue weighted by atomic mass is 10.4. The second-order valence-electron chi connectivity index (χ2n) is 2.90. The van der Waals surface area contributed by atoms with Gasteiger partial charge in [-0.25, -0.2) is 13.2 Å². The van der Waals surface area contributed by atoms with E-state index in [0.29, 0.717) is 0 Å².